The Hall–Kier alpha value is -2.67. The zero-order valence-electron chi connectivity index (χ0n) is 17.1. The Kier molecular flexibility index (Phi) is 6.14. The number of amides is 2. The molecule has 0 saturated heterocycles. The van der Waals surface area contributed by atoms with E-state index in [-0.39, 0.29) is 11.8 Å². The lowest BCUT2D eigenvalue weighted by Gasteiger charge is -2.17. The van der Waals surface area contributed by atoms with Crippen LogP contribution in [0.1, 0.15) is 50.8 Å². The molecule has 2 aromatic rings. The number of benzene rings is 1. The maximum absolute atomic E-state index is 13.0. The molecule has 7 heteroatoms. The fourth-order valence-corrected chi connectivity index (χ4v) is 3.42. The van der Waals surface area contributed by atoms with Crippen LogP contribution < -0.4 is 10.6 Å². The summed E-state index contributed by atoms with van der Waals surface area (Å²) >= 11 is 0. The molecule has 0 spiro atoms. The number of hydrogen-bond donors (Lipinski definition) is 2. The van der Waals surface area contributed by atoms with Crippen molar-refractivity contribution in [1.82, 2.24) is 19.8 Å². The van der Waals surface area contributed by atoms with Gasteiger partial charge in [-0.2, -0.15) is 0 Å². The molecule has 1 aromatic carbocycles. The van der Waals surface area contributed by atoms with E-state index in [1.165, 1.54) is 0 Å². The summed E-state index contributed by atoms with van der Waals surface area (Å²) in [5.41, 5.74) is 4.06. The van der Waals surface area contributed by atoms with E-state index in [4.69, 9.17) is 0 Å². The van der Waals surface area contributed by atoms with Gasteiger partial charge in [-0.1, -0.05) is 12.1 Å². The van der Waals surface area contributed by atoms with E-state index in [0.29, 0.717) is 18.1 Å². The van der Waals surface area contributed by atoms with Crippen LogP contribution in [0.5, 0.6) is 0 Å². The van der Waals surface area contributed by atoms with Crippen LogP contribution in [0.15, 0.2) is 18.2 Å². The van der Waals surface area contributed by atoms with E-state index in [1.807, 2.05) is 55.6 Å². The number of imidazole rings is 1. The molecule has 7 nitrogen and oxygen atoms in total. The Morgan fingerprint density at radius 2 is 1.96 bits per heavy atom. The van der Waals surface area contributed by atoms with E-state index in [0.717, 1.165) is 54.9 Å². The minimum atomic E-state index is -0.258. The molecule has 2 N–H and O–H groups in total. The molecule has 0 unspecified atom stereocenters. The van der Waals surface area contributed by atoms with Crippen molar-refractivity contribution in [3.8, 4) is 0 Å². The second-order valence-corrected chi connectivity index (χ2v) is 7.67. The minimum Gasteiger partial charge on any atom is -0.348 e. The Balaban J connectivity index is 1.84. The number of aromatic nitrogens is 2. The van der Waals surface area contributed by atoms with E-state index >= 15 is 0 Å². The fraction of sp³-hybridized carbons (Fsp3) is 0.476. The van der Waals surface area contributed by atoms with E-state index in [2.05, 4.69) is 15.6 Å². The fourth-order valence-electron chi connectivity index (χ4n) is 3.42. The lowest BCUT2D eigenvalue weighted by atomic mass is 10.1. The molecule has 2 heterocycles. The third kappa shape index (κ3) is 4.42. The summed E-state index contributed by atoms with van der Waals surface area (Å²) in [5.74, 6) is -0.151. The number of anilines is 1. The highest BCUT2D eigenvalue weighted by Crippen LogP contribution is 2.23. The number of rotatable bonds is 6. The summed E-state index contributed by atoms with van der Waals surface area (Å²) in [6.45, 7) is 5.96. The summed E-state index contributed by atoms with van der Waals surface area (Å²) in [6.07, 6.45) is 2.74. The lowest BCUT2D eigenvalue weighted by Crippen LogP contribution is -2.33. The third-order valence-corrected chi connectivity index (χ3v) is 5.02. The smallest absolute Gasteiger partial charge is 0.287 e. The van der Waals surface area contributed by atoms with Gasteiger partial charge >= 0.3 is 0 Å². The lowest BCUT2D eigenvalue weighted by molar-refractivity contribution is 0.0935. The average molecular weight is 383 g/mol. The Labute approximate surface area is 166 Å². The molecule has 2 amide bonds. The number of hydrogen-bond acceptors (Lipinski definition) is 4. The first kappa shape index (κ1) is 20.1. The van der Waals surface area contributed by atoms with Crippen LogP contribution in [-0.2, 0) is 13.0 Å². The highest BCUT2D eigenvalue weighted by atomic mass is 16.2. The molecular formula is C21H29N5O2. The number of carbonyl (C=O) groups excluding carboxylic acids is 2. The van der Waals surface area contributed by atoms with Crippen LogP contribution in [0.4, 0.5) is 5.69 Å². The molecule has 0 radical (unpaired) electrons. The van der Waals surface area contributed by atoms with Crippen molar-refractivity contribution in [2.24, 2.45) is 0 Å². The first-order chi connectivity index (χ1) is 13.4. The van der Waals surface area contributed by atoms with Gasteiger partial charge < -0.3 is 20.1 Å². The highest BCUT2D eigenvalue weighted by molar-refractivity contribution is 6.05. The van der Waals surface area contributed by atoms with Gasteiger partial charge in [0.25, 0.3) is 11.8 Å². The zero-order valence-corrected chi connectivity index (χ0v) is 17.1. The molecule has 0 atom stereocenters. The number of carbonyl (C=O) groups is 2. The molecule has 1 aliphatic heterocycles. The topological polar surface area (TPSA) is 79.3 Å². The third-order valence-electron chi connectivity index (χ3n) is 5.02. The van der Waals surface area contributed by atoms with Gasteiger partial charge in [-0.05, 0) is 64.4 Å². The molecule has 0 aliphatic carbocycles. The number of nitrogens with one attached hydrogen (secondary N) is 2. The van der Waals surface area contributed by atoms with Gasteiger partial charge in [0.2, 0.25) is 0 Å². The van der Waals surface area contributed by atoms with Gasteiger partial charge in [0.1, 0.15) is 0 Å². The normalized spacial score (nSPS) is 13.3. The number of nitrogens with zero attached hydrogens (tertiary/aromatic N) is 3. The second-order valence-electron chi connectivity index (χ2n) is 7.67. The van der Waals surface area contributed by atoms with Crippen LogP contribution in [0.25, 0.3) is 0 Å². The maximum Gasteiger partial charge on any atom is 0.287 e. The van der Waals surface area contributed by atoms with Crippen LogP contribution in [0, 0.1) is 13.8 Å². The molecule has 0 saturated carbocycles. The van der Waals surface area contributed by atoms with Gasteiger partial charge in [0.15, 0.2) is 11.5 Å². The molecule has 1 aliphatic rings. The Morgan fingerprint density at radius 1 is 1.18 bits per heavy atom. The number of fused-ring (bicyclic) bond motifs is 1. The molecule has 28 heavy (non-hydrogen) atoms. The Morgan fingerprint density at radius 3 is 2.71 bits per heavy atom. The molecule has 1 aromatic heterocycles. The van der Waals surface area contributed by atoms with Crippen LogP contribution in [0.3, 0.4) is 0 Å². The van der Waals surface area contributed by atoms with Gasteiger partial charge in [-0.15, -0.1) is 0 Å². The summed E-state index contributed by atoms with van der Waals surface area (Å²) in [6, 6.07) is 5.95. The number of aryl methyl sites for hydroxylation is 2. The predicted molar refractivity (Wildman–Crippen MR) is 110 cm³/mol. The molecule has 150 valence electrons. The van der Waals surface area contributed by atoms with Crippen molar-refractivity contribution in [2.45, 2.75) is 39.7 Å². The second kappa shape index (κ2) is 8.56. The Bertz CT molecular complexity index is 885. The average Bonchev–Trinajstić information content (AvgIpc) is 3.04. The zero-order chi connectivity index (χ0) is 20.3. The van der Waals surface area contributed by atoms with E-state index in [1.54, 1.807) is 0 Å². The molecular weight excluding hydrogens is 354 g/mol. The quantitative estimate of drug-likeness (QED) is 0.803. The largest absolute Gasteiger partial charge is 0.348 e. The molecule has 3 rings (SSSR count). The highest BCUT2D eigenvalue weighted by Gasteiger charge is 2.27. The maximum atomic E-state index is 13.0. The van der Waals surface area contributed by atoms with Crippen molar-refractivity contribution in [3.63, 3.8) is 0 Å². The SMILES string of the molecule is Cc1ccc(C)c(NC(=O)c2nc(C(=O)NCCN(C)C)n3c2CCCC3)c1. The van der Waals surface area contributed by atoms with Gasteiger partial charge in [0.05, 0.1) is 5.69 Å². The van der Waals surface area contributed by atoms with Crippen molar-refractivity contribution >= 4 is 17.5 Å². The van der Waals surface area contributed by atoms with Crippen molar-refractivity contribution < 1.29 is 9.59 Å². The summed E-state index contributed by atoms with van der Waals surface area (Å²) < 4.78 is 1.91. The first-order valence-electron chi connectivity index (χ1n) is 9.77. The van der Waals surface area contributed by atoms with Gasteiger partial charge in [0, 0.05) is 25.3 Å². The molecule has 0 fully saturated rings. The summed E-state index contributed by atoms with van der Waals surface area (Å²) in [5, 5.41) is 5.88. The standard InChI is InChI=1S/C21H29N5O2/c1-14-8-9-15(2)16(13-14)23-20(27)18-17-7-5-6-11-26(17)19(24-18)21(28)22-10-12-25(3)4/h8-9,13H,5-7,10-12H2,1-4H3,(H,22,28)(H,23,27). The predicted octanol–water partition coefficient (Wildman–Crippen LogP) is 2.38. The minimum absolute atomic E-state index is 0.226. The van der Waals surface area contributed by atoms with E-state index < -0.39 is 0 Å². The van der Waals surface area contributed by atoms with Crippen molar-refractivity contribution in [2.75, 3.05) is 32.5 Å². The number of likely N-dealkylation sites (N-methyl/N-ethyl adjacent to an activating group) is 1. The van der Waals surface area contributed by atoms with Crippen LogP contribution >= 0.6 is 0 Å². The van der Waals surface area contributed by atoms with E-state index in [9.17, 15) is 9.59 Å². The van der Waals surface area contributed by atoms with Gasteiger partial charge in [-0.3, -0.25) is 9.59 Å². The molecule has 0 bridgehead atoms. The van der Waals surface area contributed by atoms with Crippen LogP contribution in [-0.4, -0.2) is 53.5 Å². The van der Waals surface area contributed by atoms with Crippen molar-refractivity contribution in [3.05, 3.63) is 46.5 Å². The summed E-state index contributed by atoms with van der Waals surface area (Å²) in [4.78, 5) is 32.1. The van der Waals surface area contributed by atoms with Crippen LogP contribution in [0.2, 0.25) is 0 Å². The monoisotopic (exact) mass is 383 g/mol. The summed E-state index contributed by atoms with van der Waals surface area (Å²) in [7, 11) is 3.92. The van der Waals surface area contributed by atoms with Gasteiger partial charge in [-0.25, -0.2) is 4.98 Å². The first-order valence-corrected chi connectivity index (χ1v) is 9.77. The van der Waals surface area contributed by atoms with Crippen molar-refractivity contribution in [1.29, 1.82) is 0 Å².